The number of carbonyl (C=O) groups is 1. The van der Waals surface area contributed by atoms with Gasteiger partial charge >= 0.3 is 0 Å². The van der Waals surface area contributed by atoms with Crippen LogP contribution in [0.5, 0.6) is 0 Å². The van der Waals surface area contributed by atoms with Crippen LogP contribution in [-0.2, 0) is 9.53 Å². The summed E-state index contributed by atoms with van der Waals surface area (Å²) in [4.78, 5) is 16.9. The van der Waals surface area contributed by atoms with Crippen molar-refractivity contribution in [1.29, 1.82) is 0 Å². The van der Waals surface area contributed by atoms with E-state index in [0.717, 1.165) is 39.2 Å². The Kier molecular flexibility index (Phi) is 3.34. The lowest BCUT2D eigenvalue weighted by atomic mass is 10.0. The highest BCUT2D eigenvalue weighted by molar-refractivity contribution is 5.82. The van der Waals surface area contributed by atoms with Crippen molar-refractivity contribution in [3.05, 3.63) is 0 Å². The summed E-state index contributed by atoms with van der Waals surface area (Å²) in [7, 11) is 0. The number of piperidine rings is 1. The maximum atomic E-state index is 12.5. The highest BCUT2D eigenvalue weighted by atomic mass is 16.6. The maximum Gasteiger partial charge on any atom is 0.239 e. The van der Waals surface area contributed by atoms with E-state index in [2.05, 4.69) is 9.80 Å². The lowest BCUT2D eigenvalue weighted by Gasteiger charge is -2.36. The third kappa shape index (κ3) is 2.63. The van der Waals surface area contributed by atoms with Crippen molar-refractivity contribution in [3.8, 4) is 0 Å². The molecule has 0 spiro atoms. The topological polar surface area (TPSA) is 36.1 Å². The third-order valence-electron chi connectivity index (χ3n) is 4.16. The monoisotopic (exact) mass is 238 g/mol. The lowest BCUT2D eigenvalue weighted by Crippen LogP contribution is -2.51. The fourth-order valence-electron chi connectivity index (χ4n) is 3.07. The predicted molar refractivity (Wildman–Crippen MR) is 64.8 cm³/mol. The maximum absolute atomic E-state index is 12.5. The van der Waals surface area contributed by atoms with Crippen molar-refractivity contribution in [3.63, 3.8) is 0 Å². The van der Waals surface area contributed by atoms with Gasteiger partial charge in [0.1, 0.15) is 0 Å². The van der Waals surface area contributed by atoms with E-state index >= 15 is 0 Å². The van der Waals surface area contributed by atoms with Crippen molar-refractivity contribution in [2.24, 2.45) is 0 Å². The van der Waals surface area contributed by atoms with Gasteiger partial charge in [0.25, 0.3) is 0 Å². The van der Waals surface area contributed by atoms with Crippen LogP contribution >= 0.6 is 0 Å². The minimum Gasteiger partial charge on any atom is -0.372 e. The van der Waals surface area contributed by atoms with Crippen LogP contribution in [0.1, 0.15) is 32.1 Å². The number of hydrogen-bond donors (Lipinski definition) is 0. The fraction of sp³-hybridized carbons (Fsp3) is 0.923. The molecule has 17 heavy (non-hydrogen) atoms. The first-order valence-electron chi connectivity index (χ1n) is 6.99. The number of ether oxygens (including phenoxy) is 1. The van der Waals surface area contributed by atoms with Crippen LogP contribution in [0, 0.1) is 0 Å². The molecule has 2 atom stereocenters. The molecule has 0 unspecified atom stereocenters. The van der Waals surface area contributed by atoms with E-state index in [-0.39, 0.29) is 6.04 Å². The van der Waals surface area contributed by atoms with Crippen LogP contribution in [0.2, 0.25) is 0 Å². The molecule has 4 heteroatoms. The first-order chi connectivity index (χ1) is 8.34. The third-order valence-corrected chi connectivity index (χ3v) is 4.16. The molecular formula is C13H22N2O2. The van der Waals surface area contributed by atoms with Gasteiger partial charge in [-0.05, 0) is 32.2 Å². The number of nitrogens with zero attached hydrogens (tertiary/aromatic N) is 2. The quantitative estimate of drug-likeness (QED) is 0.684. The summed E-state index contributed by atoms with van der Waals surface area (Å²) < 4.78 is 5.30. The van der Waals surface area contributed by atoms with Crippen molar-refractivity contribution < 1.29 is 9.53 Å². The summed E-state index contributed by atoms with van der Waals surface area (Å²) in [6, 6.07) is 0.144. The molecule has 0 aliphatic carbocycles. The van der Waals surface area contributed by atoms with Gasteiger partial charge in [-0.15, -0.1) is 0 Å². The number of amides is 1. The Bertz CT molecular complexity index is 285. The normalized spacial score (nSPS) is 34.0. The lowest BCUT2D eigenvalue weighted by molar-refractivity contribution is -0.137. The molecule has 3 heterocycles. The molecule has 0 aromatic rings. The van der Waals surface area contributed by atoms with Crippen LogP contribution in [0.3, 0.4) is 0 Å². The minimum atomic E-state index is 0.144. The Hall–Kier alpha value is -0.610. The Labute approximate surface area is 103 Å². The smallest absolute Gasteiger partial charge is 0.239 e. The number of hydrogen-bond acceptors (Lipinski definition) is 3. The van der Waals surface area contributed by atoms with E-state index in [1.165, 1.54) is 25.7 Å². The first-order valence-corrected chi connectivity index (χ1v) is 6.99. The average Bonchev–Trinajstić information content (AvgIpc) is 3.00. The summed E-state index contributed by atoms with van der Waals surface area (Å²) in [5.41, 5.74) is 0. The number of rotatable bonds is 3. The summed E-state index contributed by atoms with van der Waals surface area (Å²) in [6.45, 7) is 4.88. The Morgan fingerprint density at radius 1 is 1.12 bits per heavy atom. The second-order valence-electron chi connectivity index (χ2n) is 5.49. The number of epoxide rings is 1. The van der Waals surface area contributed by atoms with Gasteiger partial charge in [-0.25, -0.2) is 0 Å². The molecule has 4 nitrogen and oxygen atoms in total. The second-order valence-corrected chi connectivity index (χ2v) is 5.49. The van der Waals surface area contributed by atoms with Crippen molar-refractivity contribution in [2.45, 2.75) is 44.2 Å². The molecule has 3 rings (SSSR count). The van der Waals surface area contributed by atoms with Crippen molar-refractivity contribution in [2.75, 3.05) is 32.8 Å². The summed E-state index contributed by atoms with van der Waals surface area (Å²) >= 11 is 0. The zero-order valence-corrected chi connectivity index (χ0v) is 10.4. The zero-order chi connectivity index (χ0) is 11.7. The molecule has 3 saturated heterocycles. The average molecular weight is 238 g/mol. The highest BCUT2D eigenvalue weighted by Crippen LogP contribution is 2.23. The van der Waals surface area contributed by atoms with E-state index < -0.39 is 0 Å². The zero-order valence-electron chi connectivity index (χ0n) is 10.4. The molecule has 0 N–H and O–H groups in total. The number of carbonyl (C=O) groups excluding carboxylic acids is 1. The van der Waals surface area contributed by atoms with Gasteiger partial charge in [0.05, 0.1) is 18.8 Å². The van der Waals surface area contributed by atoms with E-state index in [4.69, 9.17) is 4.74 Å². The summed E-state index contributed by atoms with van der Waals surface area (Å²) in [5, 5.41) is 0. The first kappa shape index (κ1) is 11.5. The molecule has 0 saturated carbocycles. The van der Waals surface area contributed by atoms with E-state index in [1.54, 1.807) is 0 Å². The van der Waals surface area contributed by atoms with Gasteiger partial charge in [0.2, 0.25) is 5.91 Å². The summed E-state index contributed by atoms with van der Waals surface area (Å²) in [6.07, 6.45) is 6.25. The van der Waals surface area contributed by atoms with Crippen LogP contribution in [0.15, 0.2) is 0 Å². The van der Waals surface area contributed by atoms with Crippen LogP contribution in [0.4, 0.5) is 0 Å². The molecule has 0 aromatic heterocycles. The van der Waals surface area contributed by atoms with E-state index in [1.807, 2.05) is 0 Å². The molecule has 0 aromatic carbocycles. The Morgan fingerprint density at radius 2 is 1.82 bits per heavy atom. The van der Waals surface area contributed by atoms with Gasteiger partial charge < -0.3 is 9.64 Å². The highest BCUT2D eigenvalue weighted by Gasteiger charge is 2.36. The standard InChI is InChI=1S/C13H22N2O2/c16-13(14-6-3-4-7-14)12-5-1-2-8-15(12)9-11-10-17-11/h11-12H,1-10H2/t11-,12+/m0/s1. The molecule has 3 aliphatic rings. The molecule has 0 bridgehead atoms. The SMILES string of the molecule is O=C([C@H]1CCCCN1C[C@H]1CO1)N1CCCC1. The van der Waals surface area contributed by atoms with Crippen LogP contribution in [-0.4, -0.2) is 60.6 Å². The Morgan fingerprint density at radius 3 is 2.53 bits per heavy atom. The van der Waals surface area contributed by atoms with Gasteiger partial charge in [-0.3, -0.25) is 9.69 Å². The fourth-order valence-corrected chi connectivity index (χ4v) is 3.07. The Balaban J connectivity index is 1.62. The molecule has 1 amide bonds. The van der Waals surface area contributed by atoms with Crippen molar-refractivity contribution in [1.82, 2.24) is 9.80 Å². The van der Waals surface area contributed by atoms with Crippen LogP contribution in [0.25, 0.3) is 0 Å². The largest absolute Gasteiger partial charge is 0.372 e. The molecule has 0 radical (unpaired) electrons. The molecule has 3 fully saturated rings. The van der Waals surface area contributed by atoms with Crippen LogP contribution < -0.4 is 0 Å². The van der Waals surface area contributed by atoms with E-state index in [9.17, 15) is 4.79 Å². The van der Waals surface area contributed by atoms with Gasteiger partial charge in [-0.2, -0.15) is 0 Å². The molecular weight excluding hydrogens is 216 g/mol. The summed E-state index contributed by atoms with van der Waals surface area (Å²) in [5.74, 6) is 0.378. The van der Waals surface area contributed by atoms with E-state index in [0.29, 0.717) is 12.0 Å². The number of likely N-dealkylation sites (tertiary alicyclic amines) is 2. The molecule has 3 aliphatic heterocycles. The minimum absolute atomic E-state index is 0.144. The van der Waals surface area contributed by atoms with Gasteiger partial charge in [-0.1, -0.05) is 6.42 Å². The second kappa shape index (κ2) is 4.94. The van der Waals surface area contributed by atoms with Crippen molar-refractivity contribution >= 4 is 5.91 Å². The molecule has 96 valence electrons. The predicted octanol–water partition coefficient (Wildman–Crippen LogP) is 0.862. The van der Waals surface area contributed by atoms with Gasteiger partial charge in [0, 0.05) is 19.6 Å². The van der Waals surface area contributed by atoms with Gasteiger partial charge in [0.15, 0.2) is 0 Å².